The molecule has 0 saturated heterocycles. The zero-order valence-electron chi connectivity index (χ0n) is 24.5. The maximum Gasteiger partial charge on any atom is 0.460 e. The lowest BCUT2D eigenvalue weighted by Gasteiger charge is -2.46. The average molecular weight is 764 g/mol. The van der Waals surface area contributed by atoms with Crippen LogP contribution in [0.5, 0.6) is 5.75 Å². The summed E-state index contributed by atoms with van der Waals surface area (Å²) in [6.07, 6.45) is -9.19. The van der Waals surface area contributed by atoms with Gasteiger partial charge in [-0.3, -0.25) is 0 Å². The highest BCUT2D eigenvalue weighted by Crippen LogP contribution is 2.67. The van der Waals surface area contributed by atoms with Gasteiger partial charge in [0.2, 0.25) is 0 Å². The predicted octanol–water partition coefficient (Wildman–Crippen LogP) is 11.8. The summed E-state index contributed by atoms with van der Waals surface area (Å²) in [5.74, 6) is -80.1. The van der Waals surface area contributed by atoms with Crippen LogP contribution >= 0.6 is 0 Å². The Kier molecular flexibility index (Phi) is 11.6. The lowest BCUT2D eigenvalue weighted by molar-refractivity contribution is -0.475. The van der Waals surface area contributed by atoms with Gasteiger partial charge in [-0.2, -0.15) is 92.2 Å². The van der Waals surface area contributed by atoms with Crippen molar-refractivity contribution < 1.29 is 96.9 Å². The highest BCUT2D eigenvalue weighted by molar-refractivity contribution is 5.30. The summed E-state index contributed by atoms with van der Waals surface area (Å²) in [7, 11) is 0. The Labute approximate surface area is 263 Å². The Balaban J connectivity index is 2.37. The molecule has 286 valence electrons. The molecule has 0 spiro atoms. The van der Waals surface area contributed by atoms with Gasteiger partial charge in [-0.25, -0.2) is 0 Å². The highest BCUT2D eigenvalue weighted by atomic mass is 19.4. The van der Waals surface area contributed by atoms with Crippen LogP contribution < -0.4 is 4.74 Å². The van der Waals surface area contributed by atoms with E-state index >= 15 is 0 Å². The van der Waals surface area contributed by atoms with Gasteiger partial charge < -0.3 is 4.74 Å². The summed E-state index contributed by atoms with van der Waals surface area (Å²) in [5, 5.41) is 0. The molecule has 0 radical (unpaired) electrons. The SMILES string of the molecule is CCCCCOc1ccc(C2CCC(C(F)(F)C(F)(F)C(F)(F)C(F)(F)C(F)(F)C(F)(F)C(F)(F)C(F)(F)C(F)(F)C(F)(F)F)CC2)cc1. The van der Waals surface area contributed by atoms with Crippen molar-refractivity contribution in [1.29, 1.82) is 0 Å². The molecule has 1 fully saturated rings. The number of benzene rings is 1. The Bertz CT molecular complexity index is 1240. The van der Waals surface area contributed by atoms with E-state index in [9.17, 15) is 92.2 Å². The van der Waals surface area contributed by atoms with Crippen LogP contribution in [0.3, 0.4) is 0 Å². The molecule has 0 aliphatic heterocycles. The van der Waals surface area contributed by atoms with Crippen LogP contribution in [0.1, 0.15) is 63.4 Å². The second kappa shape index (κ2) is 13.3. The first kappa shape index (κ1) is 42.7. The number of unbranched alkanes of at least 4 members (excludes halogenated alkanes) is 2. The average Bonchev–Trinajstić information content (AvgIpc) is 2.98. The largest absolute Gasteiger partial charge is 0.494 e. The van der Waals surface area contributed by atoms with E-state index in [4.69, 9.17) is 4.74 Å². The Morgan fingerprint density at radius 3 is 1.22 bits per heavy atom. The van der Waals surface area contributed by atoms with E-state index < -0.39 is 97.0 Å². The number of halogens is 21. The lowest BCUT2D eigenvalue weighted by atomic mass is 9.73. The molecule has 0 N–H and O–H groups in total. The standard InChI is InChI=1S/C27H25F21O/c1-2-3-4-13-49-17-11-7-15(8-12-17)14-5-9-16(10-6-14)18(28,29)19(30,31)20(32,33)21(34,35)22(36,37)23(38,39)24(40,41)25(42,43)26(44,45)27(46,47)48/h7-8,11-12,14,16H,2-6,9-10,13H2,1H3. The molecule has 0 atom stereocenters. The van der Waals surface area contributed by atoms with Crippen molar-refractivity contribution in [3.63, 3.8) is 0 Å². The molecule has 22 heteroatoms. The lowest BCUT2D eigenvalue weighted by Crippen LogP contribution is -2.77. The van der Waals surface area contributed by atoms with E-state index in [1.165, 1.54) is 24.3 Å². The van der Waals surface area contributed by atoms with Crippen LogP contribution in [0.15, 0.2) is 24.3 Å². The predicted molar refractivity (Wildman–Crippen MR) is 127 cm³/mol. The number of ether oxygens (including phenoxy) is 1. The van der Waals surface area contributed by atoms with Crippen LogP contribution in [0.25, 0.3) is 0 Å². The van der Waals surface area contributed by atoms with Gasteiger partial charge in [0, 0.05) is 5.92 Å². The molecular formula is C27H25F21O. The minimum absolute atomic E-state index is 0.331. The van der Waals surface area contributed by atoms with Crippen molar-refractivity contribution in [2.45, 2.75) is 117 Å². The minimum atomic E-state index is -9.16. The van der Waals surface area contributed by atoms with Gasteiger partial charge in [0.1, 0.15) is 5.75 Å². The first-order chi connectivity index (χ1) is 21.8. The molecule has 2 rings (SSSR count). The van der Waals surface area contributed by atoms with Crippen molar-refractivity contribution in [2.75, 3.05) is 6.61 Å². The number of rotatable bonds is 15. The molecule has 1 saturated carbocycles. The molecule has 1 aromatic rings. The van der Waals surface area contributed by atoms with Gasteiger partial charge in [-0.1, -0.05) is 31.9 Å². The molecule has 49 heavy (non-hydrogen) atoms. The van der Waals surface area contributed by atoms with Crippen molar-refractivity contribution in [3.8, 4) is 5.75 Å². The van der Waals surface area contributed by atoms with Gasteiger partial charge in [0.15, 0.2) is 0 Å². The van der Waals surface area contributed by atoms with Gasteiger partial charge >= 0.3 is 59.5 Å². The molecule has 0 unspecified atom stereocenters. The van der Waals surface area contributed by atoms with E-state index in [0.717, 1.165) is 12.8 Å². The second-order valence-electron chi connectivity index (χ2n) is 11.4. The maximum atomic E-state index is 14.8. The summed E-state index contributed by atoms with van der Waals surface area (Å²) >= 11 is 0. The first-order valence-corrected chi connectivity index (χ1v) is 14.0. The highest BCUT2D eigenvalue weighted by Gasteiger charge is 2.98. The third-order valence-electron chi connectivity index (χ3n) is 8.14. The minimum Gasteiger partial charge on any atom is -0.494 e. The van der Waals surface area contributed by atoms with Gasteiger partial charge in [0.25, 0.3) is 0 Å². The number of hydrogen-bond donors (Lipinski definition) is 0. The van der Waals surface area contributed by atoms with Gasteiger partial charge in [0.05, 0.1) is 6.61 Å². The molecule has 1 nitrogen and oxygen atoms in total. The third kappa shape index (κ3) is 6.58. The monoisotopic (exact) mass is 764 g/mol. The quantitative estimate of drug-likeness (QED) is 0.128. The van der Waals surface area contributed by atoms with Crippen LogP contribution in [0, 0.1) is 5.92 Å². The van der Waals surface area contributed by atoms with E-state index in [-0.39, 0.29) is 0 Å². The van der Waals surface area contributed by atoms with Crippen molar-refractivity contribution in [3.05, 3.63) is 29.8 Å². The van der Waals surface area contributed by atoms with Crippen molar-refractivity contribution >= 4 is 0 Å². The molecule has 1 aromatic carbocycles. The van der Waals surface area contributed by atoms with E-state index in [0.29, 0.717) is 24.3 Å². The summed E-state index contributed by atoms with van der Waals surface area (Å²) in [4.78, 5) is 0. The van der Waals surface area contributed by atoms with Crippen molar-refractivity contribution in [2.24, 2.45) is 5.92 Å². The smallest absolute Gasteiger partial charge is 0.460 e. The van der Waals surface area contributed by atoms with E-state index in [2.05, 4.69) is 0 Å². The van der Waals surface area contributed by atoms with E-state index in [1.807, 2.05) is 6.92 Å². The normalized spacial score (nSPS) is 20.0. The topological polar surface area (TPSA) is 9.23 Å². The summed E-state index contributed by atoms with van der Waals surface area (Å²) in [6.45, 7) is 2.26. The Hall–Kier alpha value is -2.45. The summed E-state index contributed by atoms with van der Waals surface area (Å²) in [5.41, 5.74) is 0.363. The molecule has 0 aromatic heterocycles. The summed E-state index contributed by atoms with van der Waals surface area (Å²) < 4.78 is 293. The van der Waals surface area contributed by atoms with Gasteiger partial charge in [-0.05, 0) is 55.7 Å². The Morgan fingerprint density at radius 2 is 0.857 bits per heavy atom. The molecule has 0 heterocycles. The van der Waals surface area contributed by atoms with E-state index in [1.54, 1.807) is 0 Å². The van der Waals surface area contributed by atoms with Crippen LogP contribution in [0.4, 0.5) is 92.2 Å². The van der Waals surface area contributed by atoms with Crippen LogP contribution in [-0.4, -0.2) is 66.1 Å². The summed E-state index contributed by atoms with van der Waals surface area (Å²) in [6, 6.07) is 5.68. The fourth-order valence-electron chi connectivity index (χ4n) is 4.99. The molecule has 1 aliphatic carbocycles. The first-order valence-electron chi connectivity index (χ1n) is 14.0. The fraction of sp³-hybridized carbons (Fsp3) is 0.778. The van der Waals surface area contributed by atoms with Gasteiger partial charge in [-0.15, -0.1) is 0 Å². The molecule has 0 bridgehead atoms. The van der Waals surface area contributed by atoms with Crippen LogP contribution in [-0.2, 0) is 0 Å². The number of hydrogen-bond acceptors (Lipinski definition) is 1. The fourth-order valence-corrected chi connectivity index (χ4v) is 4.99. The molecular weight excluding hydrogens is 739 g/mol. The maximum absolute atomic E-state index is 14.8. The second-order valence-corrected chi connectivity index (χ2v) is 11.4. The molecule has 0 amide bonds. The van der Waals surface area contributed by atoms with Crippen molar-refractivity contribution in [1.82, 2.24) is 0 Å². The Morgan fingerprint density at radius 1 is 0.490 bits per heavy atom. The zero-order valence-corrected chi connectivity index (χ0v) is 24.5. The molecule has 1 aliphatic rings. The number of alkyl halides is 21. The zero-order chi connectivity index (χ0) is 38.5. The third-order valence-corrected chi connectivity index (χ3v) is 8.14. The van der Waals surface area contributed by atoms with Crippen LogP contribution in [0.2, 0.25) is 0 Å².